The number of nitrogens with one attached hydrogen (secondary N) is 3. The van der Waals surface area contributed by atoms with Gasteiger partial charge in [0.15, 0.2) is 5.96 Å². The molecule has 1 aromatic rings. The van der Waals surface area contributed by atoms with E-state index in [-0.39, 0.29) is 12.0 Å². The van der Waals surface area contributed by atoms with E-state index in [0.717, 1.165) is 50.5 Å². The van der Waals surface area contributed by atoms with E-state index in [0.29, 0.717) is 18.0 Å². The van der Waals surface area contributed by atoms with Crippen molar-refractivity contribution in [2.24, 2.45) is 10.9 Å². The van der Waals surface area contributed by atoms with Crippen LogP contribution in [0.1, 0.15) is 62.9 Å². The van der Waals surface area contributed by atoms with Gasteiger partial charge in [-0.25, -0.2) is 0 Å². The molecule has 0 bridgehead atoms. The topological polar surface area (TPSA) is 74.8 Å². The third-order valence-electron chi connectivity index (χ3n) is 4.56. The van der Waals surface area contributed by atoms with Gasteiger partial charge < -0.3 is 20.7 Å². The molecule has 158 valence electrons. The molecule has 0 heterocycles. The van der Waals surface area contributed by atoms with Gasteiger partial charge in [0.25, 0.3) is 5.91 Å². The highest BCUT2D eigenvalue weighted by molar-refractivity contribution is 5.94. The van der Waals surface area contributed by atoms with E-state index >= 15 is 0 Å². The summed E-state index contributed by atoms with van der Waals surface area (Å²) < 4.78 is 5.78. The Balaban J connectivity index is 2.41. The molecule has 1 amide bonds. The number of benzene rings is 1. The summed E-state index contributed by atoms with van der Waals surface area (Å²) in [5, 5.41) is 9.58. The molecule has 0 fully saturated rings. The molecular formula is C22H38N4O2. The van der Waals surface area contributed by atoms with Gasteiger partial charge in [-0.1, -0.05) is 39.3 Å². The summed E-state index contributed by atoms with van der Waals surface area (Å²) in [5.74, 6) is 1.24. The van der Waals surface area contributed by atoms with Gasteiger partial charge in [0.05, 0.1) is 6.10 Å². The van der Waals surface area contributed by atoms with Crippen molar-refractivity contribution in [2.45, 2.75) is 59.6 Å². The summed E-state index contributed by atoms with van der Waals surface area (Å²) in [6, 6.07) is 7.67. The van der Waals surface area contributed by atoms with E-state index in [1.54, 1.807) is 7.05 Å². The van der Waals surface area contributed by atoms with Gasteiger partial charge in [-0.05, 0) is 43.4 Å². The second-order valence-corrected chi connectivity index (χ2v) is 7.19. The summed E-state index contributed by atoms with van der Waals surface area (Å²) in [4.78, 5) is 16.3. The monoisotopic (exact) mass is 390 g/mol. The van der Waals surface area contributed by atoms with Crippen molar-refractivity contribution in [3.63, 3.8) is 0 Å². The number of hydrogen-bond donors (Lipinski definition) is 3. The Hall–Kier alpha value is -2.08. The highest BCUT2D eigenvalue weighted by Crippen LogP contribution is 2.10. The SMILES string of the molecule is CCCCNC(=O)c1ccc(CNC(=NC)NCCC(OCC)C(C)C)cc1. The molecule has 6 nitrogen and oxygen atoms in total. The minimum absolute atomic E-state index is 0.0144. The first-order valence-corrected chi connectivity index (χ1v) is 10.4. The third-order valence-corrected chi connectivity index (χ3v) is 4.56. The fourth-order valence-corrected chi connectivity index (χ4v) is 2.82. The van der Waals surface area contributed by atoms with Crippen molar-refractivity contribution >= 4 is 11.9 Å². The first-order chi connectivity index (χ1) is 13.5. The molecule has 6 heteroatoms. The molecule has 1 unspecified atom stereocenters. The van der Waals surface area contributed by atoms with E-state index in [1.165, 1.54) is 0 Å². The largest absolute Gasteiger partial charge is 0.378 e. The number of nitrogens with zero attached hydrogens (tertiary/aromatic N) is 1. The Morgan fingerprint density at radius 2 is 1.79 bits per heavy atom. The van der Waals surface area contributed by atoms with Crippen LogP contribution in [-0.4, -0.2) is 44.7 Å². The summed E-state index contributed by atoms with van der Waals surface area (Å²) in [6.07, 6.45) is 3.27. The first-order valence-electron chi connectivity index (χ1n) is 10.4. The van der Waals surface area contributed by atoms with Crippen molar-refractivity contribution in [3.8, 4) is 0 Å². The molecule has 0 radical (unpaired) electrons. The molecule has 0 saturated carbocycles. The van der Waals surface area contributed by atoms with Crippen LogP contribution in [0.15, 0.2) is 29.3 Å². The van der Waals surface area contributed by atoms with Crippen molar-refractivity contribution < 1.29 is 9.53 Å². The van der Waals surface area contributed by atoms with Crippen LogP contribution in [0.4, 0.5) is 0 Å². The molecule has 0 aliphatic rings. The number of rotatable bonds is 12. The number of guanidine groups is 1. The lowest BCUT2D eigenvalue weighted by atomic mass is 10.0. The van der Waals surface area contributed by atoms with E-state index in [4.69, 9.17) is 4.74 Å². The Labute approximate surface area is 170 Å². The van der Waals surface area contributed by atoms with Gasteiger partial charge in [0, 0.05) is 38.9 Å². The fraction of sp³-hybridized carbons (Fsp3) is 0.636. The first kappa shape index (κ1) is 24.0. The Bertz CT molecular complexity index is 585. The van der Waals surface area contributed by atoms with Crippen molar-refractivity contribution in [1.29, 1.82) is 0 Å². The van der Waals surface area contributed by atoms with Gasteiger partial charge in [0.1, 0.15) is 0 Å². The van der Waals surface area contributed by atoms with Crippen LogP contribution >= 0.6 is 0 Å². The summed E-state index contributed by atoms with van der Waals surface area (Å²) in [7, 11) is 1.77. The van der Waals surface area contributed by atoms with E-state index < -0.39 is 0 Å². The van der Waals surface area contributed by atoms with Crippen molar-refractivity contribution in [3.05, 3.63) is 35.4 Å². The van der Waals surface area contributed by atoms with Gasteiger partial charge in [-0.3, -0.25) is 9.79 Å². The predicted octanol–water partition coefficient (Wildman–Crippen LogP) is 3.33. The maximum absolute atomic E-state index is 12.0. The number of aliphatic imine (C=N–C) groups is 1. The fourth-order valence-electron chi connectivity index (χ4n) is 2.82. The summed E-state index contributed by atoms with van der Waals surface area (Å²) >= 11 is 0. The number of ether oxygens (including phenoxy) is 1. The van der Waals surface area contributed by atoms with E-state index in [2.05, 4.69) is 41.7 Å². The highest BCUT2D eigenvalue weighted by Gasteiger charge is 2.13. The van der Waals surface area contributed by atoms with E-state index in [9.17, 15) is 4.79 Å². The van der Waals surface area contributed by atoms with Crippen molar-refractivity contribution in [2.75, 3.05) is 26.7 Å². The van der Waals surface area contributed by atoms with Crippen molar-refractivity contribution in [1.82, 2.24) is 16.0 Å². The van der Waals surface area contributed by atoms with Gasteiger partial charge >= 0.3 is 0 Å². The molecule has 1 atom stereocenters. The smallest absolute Gasteiger partial charge is 0.251 e. The Kier molecular flexibility index (Phi) is 12.0. The maximum atomic E-state index is 12.0. The third kappa shape index (κ3) is 9.22. The maximum Gasteiger partial charge on any atom is 0.251 e. The summed E-state index contributed by atoms with van der Waals surface area (Å²) in [6.45, 7) is 11.4. The predicted molar refractivity (Wildman–Crippen MR) is 117 cm³/mol. The minimum Gasteiger partial charge on any atom is -0.378 e. The molecule has 1 aromatic carbocycles. The second kappa shape index (κ2) is 14.0. The molecule has 0 aromatic heterocycles. The number of carbonyl (C=O) groups excluding carboxylic acids is 1. The zero-order valence-corrected chi connectivity index (χ0v) is 18.2. The lowest BCUT2D eigenvalue weighted by Crippen LogP contribution is -2.38. The normalized spacial score (nSPS) is 12.7. The minimum atomic E-state index is -0.0144. The van der Waals surface area contributed by atoms with Crippen LogP contribution in [0.5, 0.6) is 0 Å². The average molecular weight is 391 g/mol. The molecule has 0 spiro atoms. The lowest BCUT2D eigenvalue weighted by Gasteiger charge is -2.21. The number of unbranched alkanes of at least 4 members (excludes halogenated alkanes) is 1. The standard InChI is InChI=1S/C22H38N4O2/c1-6-8-14-24-21(27)19-11-9-18(10-12-19)16-26-22(23-5)25-15-13-20(17(3)4)28-7-2/h9-12,17,20H,6-8,13-16H2,1-5H3,(H,24,27)(H2,23,25,26). The van der Waals surface area contributed by atoms with Gasteiger partial charge in [0.2, 0.25) is 0 Å². The Morgan fingerprint density at radius 1 is 1.07 bits per heavy atom. The zero-order chi connectivity index (χ0) is 20.8. The zero-order valence-electron chi connectivity index (χ0n) is 18.2. The second-order valence-electron chi connectivity index (χ2n) is 7.19. The molecule has 0 aliphatic carbocycles. The van der Waals surface area contributed by atoms with E-state index in [1.807, 2.05) is 31.2 Å². The average Bonchev–Trinajstić information content (AvgIpc) is 2.70. The molecular weight excluding hydrogens is 352 g/mol. The quantitative estimate of drug-likeness (QED) is 0.291. The van der Waals surface area contributed by atoms with Crippen LogP contribution in [-0.2, 0) is 11.3 Å². The highest BCUT2D eigenvalue weighted by atomic mass is 16.5. The number of hydrogen-bond acceptors (Lipinski definition) is 3. The lowest BCUT2D eigenvalue weighted by molar-refractivity contribution is 0.0258. The molecule has 3 N–H and O–H groups in total. The molecule has 0 aliphatic heterocycles. The van der Waals surface area contributed by atoms with Crippen LogP contribution in [0.2, 0.25) is 0 Å². The number of carbonyl (C=O) groups is 1. The van der Waals surface area contributed by atoms with Crippen LogP contribution < -0.4 is 16.0 Å². The van der Waals surface area contributed by atoms with Gasteiger partial charge in [-0.15, -0.1) is 0 Å². The number of amides is 1. The summed E-state index contributed by atoms with van der Waals surface area (Å²) in [5.41, 5.74) is 1.79. The van der Waals surface area contributed by atoms with Crippen LogP contribution in [0.3, 0.4) is 0 Å². The molecule has 1 rings (SSSR count). The van der Waals surface area contributed by atoms with Crippen LogP contribution in [0, 0.1) is 5.92 Å². The van der Waals surface area contributed by atoms with Gasteiger partial charge in [-0.2, -0.15) is 0 Å². The van der Waals surface area contributed by atoms with Crippen LogP contribution in [0.25, 0.3) is 0 Å². The Morgan fingerprint density at radius 3 is 2.36 bits per heavy atom. The molecule has 28 heavy (non-hydrogen) atoms. The molecule has 0 saturated heterocycles.